The number of pyridine rings is 1. The number of hydrogen-bond acceptors (Lipinski definition) is 9. The number of halogens is 1. The van der Waals surface area contributed by atoms with Crippen molar-refractivity contribution in [3.05, 3.63) is 89.4 Å². The van der Waals surface area contributed by atoms with Crippen molar-refractivity contribution in [2.75, 3.05) is 25.0 Å². The Balaban J connectivity index is 0.000000309. The Labute approximate surface area is 287 Å². The third kappa shape index (κ3) is 16.2. The van der Waals surface area contributed by atoms with Crippen molar-refractivity contribution in [2.24, 2.45) is 0 Å². The van der Waals surface area contributed by atoms with Gasteiger partial charge in [0, 0.05) is 37.8 Å². The van der Waals surface area contributed by atoms with Crippen LogP contribution in [-0.4, -0.2) is 72.6 Å². The van der Waals surface area contributed by atoms with E-state index in [1.54, 1.807) is 24.3 Å². The Morgan fingerprint density at radius 1 is 0.980 bits per heavy atom. The maximum Gasteiger partial charge on any atom is 0.294 e. The predicted octanol–water partition coefficient (Wildman–Crippen LogP) is 5.29. The molecule has 0 spiro atoms. The molecule has 1 saturated heterocycles. The highest BCUT2D eigenvalue weighted by molar-refractivity contribution is 7.86. The molecule has 1 atom stereocenters. The van der Waals surface area contributed by atoms with E-state index in [0.717, 1.165) is 56.1 Å². The van der Waals surface area contributed by atoms with Crippen LogP contribution in [0.3, 0.4) is 0 Å². The molecular formula is C34H43FN4O8S2. The van der Waals surface area contributed by atoms with Gasteiger partial charge in [0.2, 0.25) is 0 Å². The second-order valence-electron chi connectivity index (χ2n) is 11.2. The maximum atomic E-state index is 14.2. The lowest BCUT2D eigenvalue weighted by Gasteiger charge is -2.15. The molecule has 1 amide bonds. The van der Waals surface area contributed by atoms with Gasteiger partial charge in [0.15, 0.2) is 11.6 Å². The minimum Gasteiger partial charge on any atom is -0.364 e. The summed E-state index contributed by atoms with van der Waals surface area (Å²) in [6.45, 7) is 8.35. The number of nitrogens with one attached hydrogen (secondary N) is 2. The molecule has 12 nitrogen and oxygen atoms in total. The molecule has 0 aliphatic carbocycles. The number of aryl methyl sites for hydroxylation is 2. The number of carbonyl (C=O) groups excluding carboxylic acids is 1. The predicted molar refractivity (Wildman–Crippen MR) is 186 cm³/mol. The molecule has 1 aliphatic rings. The fraction of sp³-hybridized carbons (Fsp3) is 0.353. The molecule has 2 heterocycles. The smallest absolute Gasteiger partial charge is 0.294 e. The van der Waals surface area contributed by atoms with E-state index in [4.69, 9.17) is 14.3 Å². The number of amides is 1. The van der Waals surface area contributed by atoms with Gasteiger partial charge in [0.05, 0.1) is 16.3 Å². The highest BCUT2D eigenvalue weighted by Gasteiger charge is 2.22. The second-order valence-corrected chi connectivity index (χ2v) is 14.0. The molecule has 2 aromatic carbocycles. The number of nitrogens with zero attached hydrogens (tertiary/aromatic N) is 2. The van der Waals surface area contributed by atoms with Crippen LogP contribution in [0.15, 0.2) is 76.7 Å². The molecule has 0 unspecified atom stereocenters. The quantitative estimate of drug-likeness (QED) is 0.0458. The van der Waals surface area contributed by atoms with Crippen molar-refractivity contribution in [3.8, 4) is 11.8 Å². The summed E-state index contributed by atoms with van der Waals surface area (Å²) >= 11 is 0. The minimum absolute atomic E-state index is 0.0666. The van der Waals surface area contributed by atoms with E-state index in [1.165, 1.54) is 60.9 Å². The number of rotatable bonds is 10. The normalized spacial score (nSPS) is 14.5. The van der Waals surface area contributed by atoms with E-state index < -0.39 is 32.0 Å². The fourth-order valence-electron chi connectivity index (χ4n) is 4.29. The van der Waals surface area contributed by atoms with Gasteiger partial charge in [0.1, 0.15) is 0 Å². The SMILES string of the molecule is CCCCCC#CCN1CC[C@@H](Nc2ncc(C=CC(=O)NO)cc2F)C1.Cc1ccc(S(=O)(=O)O)cc1.Cc1ccc(S(=O)(=O)O)cc1. The highest BCUT2D eigenvalue weighted by atomic mass is 32.2. The average molecular weight is 719 g/mol. The number of unbranched alkanes of at least 4 members (excludes halogenated alkanes) is 3. The zero-order valence-corrected chi connectivity index (χ0v) is 29.3. The number of benzene rings is 2. The summed E-state index contributed by atoms with van der Waals surface area (Å²) < 4.78 is 73.3. The summed E-state index contributed by atoms with van der Waals surface area (Å²) in [5, 5.41) is 11.6. The van der Waals surface area contributed by atoms with Gasteiger partial charge >= 0.3 is 0 Å². The van der Waals surface area contributed by atoms with Gasteiger partial charge in [-0.2, -0.15) is 16.8 Å². The molecule has 15 heteroatoms. The summed E-state index contributed by atoms with van der Waals surface area (Å²) in [6, 6.07) is 13.4. The summed E-state index contributed by atoms with van der Waals surface area (Å²) in [5.74, 6) is 5.48. The Bertz CT molecular complexity index is 1730. The van der Waals surface area contributed by atoms with Crippen molar-refractivity contribution >= 4 is 38.0 Å². The number of carbonyl (C=O) groups is 1. The molecular weight excluding hydrogens is 676 g/mol. The van der Waals surface area contributed by atoms with Crippen molar-refractivity contribution < 1.29 is 40.3 Å². The molecule has 1 aliphatic heterocycles. The number of aromatic nitrogens is 1. The van der Waals surface area contributed by atoms with Crippen molar-refractivity contribution in [3.63, 3.8) is 0 Å². The maximum absolute atomic E-state index is 14.2. The molecule has 0 radical (unpaired) electrons. The Hall–Kier alpha value is -4.17. The summed E-state index contributed by atoms with van der Waals surface area (Å²) in [4.78, 5) is 17.2. The lowest BCUT2D eigenvalue weighted by atomic mass is 10.2. The lowest BCUT2D eigenvalue weighted by Crippen LogP contribution is -2.27. The van der Waals surface area contributed by atoms with Crippen LogP contribution in [0.25, 0.3) is 6.08 Å². The number of anilines is 1. The lowest BCUT2D eigenvalue weighted by molar-refractivity contribution is -0.124. The number of likely N-dealkylation sites (tertiary alicyclic amines) is 1. The number of hydrogen-bond donors (Lipinski definition) is 5. The van der Waals surface area contributed by atoms with Gasteiger partial charge in [-0.3, -0.25) is 24.0 Å². The first-order valence-electron chi connectivity index (χ1n) is 15.4. The number of hydroxylamine groups is 1. The van der Waals surface area contributed by atoms with Crippen LogP contribution in [-0.2, 0) is 25.0 Å². The largest absolute Gasteiger partial charge is 0.364 e. The van der Waals surface area contributed by atoms with Crippen molar-refractivity contribution in [1.82, 2.24) is 15.4 Å². The van der Waals surface area contributed by atoms with E-state index in [2.05, 4.69) is 34.0 Å². The fourth-order valence-corrected chi connectivity index (χ4v) is 5.25. The topological polar surface area (TPSA) is 186 Å². The Kier molecular flexibility index (Phi) is 17.0. The summed E-state index contributed by atoms with van der Waals surface area (Å²) in [7, 11) is -8.04. The molecule has 4 rings (SSSR count). The van der Waals surface area contributed by atoms with Crippen molar-refractivity contribution in [2.45, 2.75) is 68.7 Å². The summed E-state index contributed by atoms with van der Waals surface area (Å²) in [5.41, 5.74) is 3.82. The van der Waals surface area contributed by atoms with Crippen LogP contribution in [0.2, 0.25) is 0 Å². The van der Waals surface area contributed by atoms with E-state index in [-0.39, 0.29) is 21.7 Å². The molecule has 3 aromatic rings. The van der Waals surface area contributed by atoms with Gasteiger partial charge in [-0.15, -0.1) is 5.92 Å². The van der Waals surface area contributed by atoms with Crippen LogP contribution in [0.1, 0.15) is 55.7 Å². The zero-order chi connectivity index (χ0) is 36.5. The van der Waals surface area contributed by atoms with E-state index in [9.17, 15) is 26.0 Å². The van der Waals surface area contributed by atoms with E-state index >= 15 is 0 Å². The first kappa shape index (κ1) is 41.0. The first-order valence-corrected chi connectivity index (χ1v) is 18.3. The zero-order valence-electron chi connectivity index (χ0n) is 27.6. The average Bonchev–Trinajstić information content (AvgIpc) is 3.50. The standard InChI is InChI=1S/C20H27FN4O2.2C7H8O3S/c1-2-3-4-5-6-7-11-25-12-10-17(15-25)23-20-18(21)13-16(14-22-20)8-9-19(26)24-27;2*1-6-2-4-7(5-3-6)11(8,9)10/h8-9,13-14,17,27H,2-5,10-12,15H2,1H3,(H,22,23)(H,24,26);2*2-5H,1H3,(H,8,9,10)/t17-;;/m1../s1. The van der Waals surface area contributed by atoms with Gasteiger partial charge in [-0.25, -0.2) is 14.9 Å². The first-order chi connectivity index (χ1) is 23.1. The van der Waals surface area contributed by atoms with Crippen LogP contribution in [0, 0.1) is 31.5 Å². The van der Waals surface area contributed by atoms with E-state index in [1.807, 2.05) is 13.8 Å². The molecule has 5 N–H and O–H groups in total. The third-order valence-corrected chi connectivity index (χ3v) is 8.72. The van der Waals surface area contributed by atoms with Crippen LogP contribution >= 0.6 is 0 Å². The van der Waals surface area contributed by atoms with Gasteiger partial charge in [0.25, 0.3) is 26.1 Å². The second kappa shape index (κ2) is 20.4. The molecule has 1 fully saturated rings. The van der Waals surface area contributed by atoms with Crippen LogP contribution < -0.4 is 10.8 Å². The summed E-state index contributed by atoms with van der Waals surface area (Å²) in [6.07, 6.45) is 9.42. The molecule has 49 heavy (non-hydrogen) atoms. The van der Waals surface area contributed by atoms with Crippen LogP contribution in [0.4, 0.5) is 10.2 Å². The Morgan fingerprint density at radius 2 is 1.55 bits per heavy atom. The Morgan fingerprint density at radius 3 is 2.04 bits per heavy atom. The molecule has 1 aromatic heterocycles. The minimum atomic E-state index is -4.02. The molecule has 266 valence electrons. The van der Waals surface area contributed by atoms with Gasteiger partial charge in [-0.1, -0.05) is 61.1 Å². The monoisotopic (exact) mass is 718 g/mol. The third-order valence-electron chi connectivity index (χ3n) is 6.98. The van der Waals surface area contributed by atoms with Crippen LogP contribution in [0.5, 0.6) is 0 Å². The van der Waals surface area contributed by atoms with Crippen molar-refractivity contribution in [1.29, 1.82) is 0 Å². The van der Waals surface area contributed by atoms with Gasteiger partial charge in [-0.05, 0) is 68.7 Å². The van der Waals surface area contributed by atoms with Gasteiger partial charge < -0.3 is 5.32 Å². The highest BCUT2D eigenvalue weighted by Crippen LogP contribution is 2.18. The molecule has 0 bridgehead atoms. The molecule has 0 saturated carbocycles. The van der Waals surface area contributed by atoms with E-state index in [0.29, 0.717) is 5.56 Å².